The number of fused-ring (bicyclic) bond motifs is 1. The van der Waals surface area contributed by atoms with Crippen LogP contribution in [0.3, 0.4) is 0 Å². The standard InChI is InChI=1S/C25H18Cl2F2N6O3S/c1-11-5-12(13-6-19(27)32-8-17(13)38-2)14(7-31-11)23(36)34-25-33-16-9-35(10-18(16)39-25)24(37)21-20(22(28)29)15(26)3-4-30-21/h3-8,22H,9-10H2,1-2H3,(H,33,34,36). The van der Waals surface area contributed by atoms with Gasteiger partial charge in [0.05, 0.1) is 53.1 Å². The summed E-state index contributed by atoms with van der Waals surface area (Å²) >= 11 is 13.2. The summed E-state index contributed by atoms with van der Waals surface area (Å²) in [5.41, 5.74) is 1.61. The van der Waals surface area contributed by atoms with E-state index in [4.69, 9.17) is 27.9 Å². The molecular weight excluding hydrogens is 573 g/mol. The summed E-state index contributed by atoms with van der Waals surface area (Å²) in [4.78, 5) is 44.9. The highest BCUT2D eigenvalue weighted by atomic mass is 35.5. The predicted molar refractivity (Wildman–Crippen MR) is 142 cm³/mol. The molecule has 5 rings (SSSR count). The first kappa shape index (κ1) is 26.9. The molecule has 0 unspecified atom stereocenters. The van der Waals surface area contributed by atoms with Crippen molar-refractivity contribution in [2.24, 2.45) is 0 Å². The zero-order valence-corrected chi connectivity index (χ0v) is 22.7. The number of nitrogens with zero attached hydrogens (tertiary/aromatic N) is 5. The number of carbonyl (C=O) groups excluding carboxylic acids is 2. The molecule has 0 radical (unpaired) electrons. The van der Waals surface area contributed by atoms with Crippen LogP contribution in [0.5, 0.6) is 5.75 Å². The highest BCUT2D eigenvalue weighted by Crippen LogP contribution is 2.36. The third-order valence-electron chi connectivity index (χ3n) is 5.95. The second kappa shape index (κ2) is 10.8. The lowest BCUT2D eigenvalue weighted by atomic mass is 10.0. The molecule has 0 bridgehead atoms. The van der Waals surface area contributed by atoms with Gasteiger partial charge in [-0.25, -0.2) is 18.7 Å². The molecule has 1 aliphatic heterocycles. The molecule has 39 heavy (non-hydrogen) atoms. The molecule has 0 aromatic carbocycles. The van der Waals surface area contributed by atoms with Crippen LogP contribution in [0.15, 0.2) is 36.8 Å². The van der Waals surface area contributed by atoms with Crippen LogP contribution in [-0.2, 0) is 13.1 Å². The van der Waals surface area contributed by atoms with Crippen LogP contribution in [0.2, 0.25) is 10.2 Å². The van der Waals surface area contributed by atoms with Crippen molar-refractivity contribution in [2.75, 3.05) is 12.4 Å². The molecule has 0 fully saturated rings. The lowest BCUT2D eigenvalue weighted by Gasteiger charge is -2.17. The number of aromatic nitrogens is 4. The minimum absolute atomic E-state index is 0.0709. The van der Waals surface area contributed by atoms with Crippen LogP contribution in [-0.4, -0.2) is 43.8 Å². The zero-order chi connectivity index (χ0) is 27.8. The van der Waals surface area contributed by atoms with Gasteiger partial charge in [-0.1, -0.05) is 34.5 Å². The smallest absolute Gasteiger partial charge is 0.273 e. The largest absolute Gasteiger partial charge is 0.494 e. The minimum atomic E-state index is -2.95. The van der Waals surface area contributed by atoms with Crippen LogP contribution < -0.4 is 10.1 Å². The Bertz CT molecular complexity index is 1590. The van der Waals surface area contributed by atoms with E-state index in [-0.39, 0.29) is 28.8 Å². The summed E-state index contributed by atoms with van der Waals surface area (Å²) in [6.07, 6.45) is 1.18. The molecule has 5 heterocycles. The third kappa shape index (κ3) is 5.27. The molecule has 4 aromatic heterocycles. The van der Waals surface area contributed by atoms with E-state index in [9.17, 15) is 18.4 Å². The number of nitrogens with one attached hydrogen (secondary N) is 1. The van der Waals surface area contributed by atoms with Gasteiger partial charge in [-0.05, 0) is 25.1 Å². The van der Waals surface area contributed by atoms with E-state index in [2.05, 4.69) is 25.3 Å². The summed E-state index contributed by atoms with van der Waals surface area (Å²) < 4.78 is 32.4. The molecule has 200 valence electrons. The fourth-order valence-corrected chi connectivity index (χ4v) is 5.50. The lowest BCUT2D eigenvalue weighted by molar-refractivity contribution is 0.0731. The van der Waals surface area contributed by atoms with Gasteiger partial charge in [0.2, 0.25) is 0 Å². The molecule has 1 N–H and O–H groups in total. The molecule has 0 saturated carbocycles. The zero-order valence-electron chi connectivity index (χ0n) is 20.3. The van der Waals surface area contributed by atoms with Gasteiger partial charge in [-0.3, -0.25) is 24.9 Å². The number of halogens is 4. The second-order valence-electron chi connectivity index (χ2n) is 8.44. The van der Waals surface area contributed by atoms with Gasteiger partial charge in [0, 0.05) is 29.2 Å². The highest BCUT2D eigenvalue weighted by molar-refractivity contribution is 7.16. The van der Waals surface area contributed by atoms with E-state index in [0.29, 0.717) is 38.3 Å². The molecule has 0 saturated heterocycles. The van der Waals surface area contributed by atoms with Gasteiger partial charge in [0.25, 0.3) is 18.2 Å². The van der Waals surface area contributed by atoms with E-state index in [0.717, 1.165) is 0 Å². The van der Waals surface area contributed by atoms with Gasteiger partial charge < -0.3 is 9.64 Å². The number of aryl methyl sites for hydroxylation is 1. The van der Waals surface area contributed by atoms with E-state index in [1.165, 1.54) is 48.0 Å². The maximum absolute atomic E-state index is 13.5. The first-order valence-corrected chi connectivity index (χ1v) is 12.9. The van der Waals surface area contributed by atoms with Crippen molar-refractivity contribution in [3.05, 3.63) is 80.1 Å². The summed E-state index contributed by atoms with van der Waals surface area (Å²) in [6.45, 7) is 1.99. The SMILES string of the molecule is COc1cnc(Cl)cc1-c1cc(C)ncc1C(=O)Nc1nc2c(s1)CN(C(=O)c1nccc(Cl)c1C(F)F)C2. The van der Waals surface area contributed by atoms with Crippen molar-refractivity contribution in [1.82, 2.24) is 24.8 Å². The number of carbonyl (C=O) groups is 2. The average molecular weight is 591 g/mol. The summed E-state index contributed by atoms with van der Waals surface area (Å²) in [7, 11) is 1.49. The Hall–Kier alpha value is -3.74. The van der Waals surface area contributed by atoms with Crippen LogP contribution in [0, 0.1) is 6.92 Å². The third-order valence-corrected chi connectivity index (χ3v) is 7.48. The van der Waals surface area contributed by atoms with Crippen molar-refractivity contribution in [3.63, 3.8) is 0 Å². The number of rotatable bonds is 6. The number of thiazole rings is 1. The number of ether oxygens (including phenoxy) is 1. The minimum Gasteiger partial charge on any atom is -0.494 e. The van der Waals surface area contributed by atoms with Gasteiger partial charge in [-0.15, -0.1) is 0 Å². The second-order valence-corrected chi connectivity index (χ2v) is 10.3. The molecule has 14 heteroatoms. The Labute approximate surface area is 234 Å². The number of pyridine rings is 3. The van der Waals surface area contributed by atoms with Gasteiger partial charge in [0.1, 0.15) is 16.6 Å². The maximum atomic E-state index is 13.5. The fraction of sp³-hybridized carbons (Fsp3) is 0.200. The van der Waals surface area contributed by atoms with Crippen molar-refractivity contribution in [1.29, 1.82) is 0 Å². The topological polar surface area (TPSA) is 110 Å². The highest BCUT2D eigenvalue weighted by Gasteiger charge is 2.32. The van der Waals surface area contributed by atoms with Crippen molar-refractivity contribution >= 4 is 51.5 Å². The van der Waals surface area contributed by atoms with Gasteiger partial charge in [0.15, 0.2) is 5.13 Å². The Morgan fingerprint density at radius 2 is 1.92 bits per heavy atom. The Morgan fingerprint density at radius 3 is 2.64 bits per heavy atom. The van der Waals surface area contributed by atoms with E-state index in [1.807, 2.05) is 0 Å². The summed E-state index contributed by atoms with van der Waals surface area (Å²) in [5.74, 6) is -0.706. The molecular formula is C25H18Cl2F2N6O3S. The Morgan fingerprint density at radius 1 is 1.13 bits per heavy atom. The molecule has 0 aliphatic carbocycles. The van der Waals surface area contributed by atoms with Crippen LogP contribution in [0.4, 0.5) is 13.9 Å². The molecule has 1 aliphatic rings. The van der Waals surface area contributed by atoms with Gasteiger partial charge >= 0.3 is 0 Å². The number of hydrogen-bond acceptors (Lipinski definition) is 8. The fourth-order valence-electron chi connectivity index (χ4n) is 4.13. The first-order chi connectivity index (χ1) is 18.7. The van der Waals surface area contributed by atoms with E-state index >= 15 is 0 Å². The normalized spacial score (nSPS) is 12.5. The van der Waals surface area contributed by atoms with Crippen LogP contribution in [0.1, 0.15) is 49.1 Å². The first-order valence-electron chi connectivity index (χ1n) is 11.3. The molecule has 9 nitrogen and oxygen atoms in total. The van der Waals surface area contributed by atoms with Crippen LogP contribution >= 0.6 is 34.5 Å². The van der Waals surface area contributed by atoms with Gasteiger partial charge in [-0.2, -0.15) is 0 Å². The quantitative estimate of drug-likeness (QED) is 0.276. The summed E-state index contributed by atoms with van der Waals surface area (Å²) in [6, 6.07) is 4.56. The average Bonchev–Trinajstić information content (AvgIpc) is 3.46. The number of amides is 2. The molecule has 2 amide bonds. The van der Waals surface area contributed by atoms with E-state index < -0.39 is 29.5 Å². The van der Waals surface area contributed by atoms with Crippen molar-refractivity contribution in [2.45, 2.75) is 26.4 Å². The Balaban J connectivity index is 1.36. The number of alkyl halides is 2. The van der Waals surface area contributed by atoms with E-state index in [1.54, 1.807) is 19.1 Å². The molecule has 0 spiro atoms. The summed E-state index contributed by atoms with van der Waals surface area (Å²) in [5, 5.41) is 3.11. The number of methoxy groups -OCH3 is 1. The number of hydrogen-bond donors (Lipinski definition) is 1. The van der Waals surface area contributed by atoms with Crippen LogP contribution in [0.25, 0.3) is 11.1 Å². The monoisotopic (exact) mass is 590 g/mol. The van der Waals surface area contributed by atoms with Crippen molar-refractivity contribution < 1.29 is 23.1 Å². The predicted octanol–water partition coefficient (Wildman–Crippen LogP) is 5.96. The van der Waals surface area contributed by atoms with Crippen molar-refractivity contribution in [3.8, 4) is 16.9 Å². The lowest BCUT2D eigenvalue weighted by Crippen LogP contribution is -2.27. The maximum Gasteiger partial charge on any atom is 0.273 e. The Kier molecular flexibility index (Phi) is 7.43. The number of anilines is 1. The molecule has 4 aromatic rings. The molecule has 0 atom stereocenters.